The van der Waals surface area contributed by atoms with Crippen LogP contribution in [-0.4, -0.2) is 22.0 Å². The minimum absolute atomic E-state index is 0.163. The Hall–Kier alpha value is -2.09. The first kappa shape index (κ1) is 11.0. The van der Waals surface area contributed by atoms with Gasteiger partial charge >= 0.3 is 0 Å². The van der Waals surface area contributed by atoms with Gasteiger partial charge in [-0.2, -0.15) is 5.26 Å². The third-order valence-electron chi connectivity index (χ3n) is 1.99. The van der Waals surface area contributed by atoms with E-state index in [0.29, 0.717) is 6.54 Å². The van der Waals surface area contributed by atoms with Gasteiger partial charge in [-0.05, 0) is 6.92 Å². The van der Waals surface area contributed by atoms with Crippen molar-refractivity contribution >= 4 is 5.91 Å². The first-order valence-electron chi connectivity index (χ1n) is 4.52. The fraction of sp³-hybridized carbons (Fsp3) is 0.300. The van der Waals surface area contributed by atoms with Crippen LogP contribution in [0.4, 0.5) is 0 Å². The summed E-state index contributed by atoms with van der Waals surface area (Å²) in [5.74, 6) is 0.0700. The molecule has 0 aliphatic rings. The molecule has 15 heavy (non-hydrogen) atoms. The minimum atomic E-state index is -0.443. The molecule has 0 spiro atoms. The summed E-state index contributed by atoms with van der Waals surface area (Å²) in [5, 5.41) is 11.4. The van der Waals surface area contributed by atoms with Crippen LogP contribution < -0.4 is 5.32 Å². The molecule has 1 atom stereocenters. The number of nitriles is 1. The number of carbonyl (C=O) groups is 1. The molecular weight excluding hydrogens is 192 g/mol. The van der Waals surface area contributed by atoms with Crippen LogP contribution in [0.25, 0.3) is 0 Å². The number of rotatable bonds is 4. The topological polar surface area (TPSA) is 70.7 Å². The van der Waals surface area contributed by atoms with Crippen molar-refractivity contribution in [2.45, 2.75) is 13.0 Å². The van der Waals surface area contributed by atoms with E-state index in [1.165, 1.54) is 10.8 Å². The van der Waals surface area contributed by atoms with E-state index in [1.54, 1.807) is 19.2 Å². The Kier molecular flexibility index (Phi) is 3.63. The molecule has 1 rings (SSSR count). The smallest absolute Gasteiger partial charge is 0.243 e. The SMILES string of the molecule is C=CCNC(=O)C(C)n1ccnc1C#N. The predicted octanol–water partition coefficient (Wildman–Crippen LogP) is 0.618. The normalized spacial score (nSPS) is 11.5. The summed E-state index contributed by atoms with van der Waals surface area (Å²) >= 11 is 0. The van der Waals surface area contributed by atoms with Gasteiger partial charge in [-0.1, -0.05) is 6.08 Å². The molecule has 1 unspecified atom stereocenters. The van der Waals surface area contributed by atoms with E-state index in [9.17, 15) is 4.79 Å². The van der Waals surface area contributed by atoms with Crippen molar-refractivity contribution in [1.29, 1.82) is 5.26 Å². The summed E-state index contributed by atoms with van der Waals surface area (Å²) < 4.78 is 1.53. The molecule has 0 aliphatic carbocycles. The first-order valence-corrected chi connectivity index (χ1v) is 4.52. The van der Waals surface area contributed by atoms with Crippen LogP contribution in [-0.2, 0) is 4.79 Å². The second-order valence-corrected chi connectivity index (χ2v) is 2.98. The quantitative estimate of drug-likeness (QED) is 0.731. The Morgan fingerprint density at radius 1 is 1.93 bits per heavy atom. The highest BCUT2D eigenvalue weighted by atomic mass is 16.2. The standard InChI is InChI=1S/C10H12N4O/c1-3-4-13-10(15)8(2)14-6-5-12-9(14)7-11/h3,5-6,8H,1,4H2,2H3,(H,13,15). The largest absolute Gasteiger partial charge is 0.351 e. The average Bonchev–Trinajstić information content (AvgIpc) is 2.72. The molecule has 5 nitrogen and oxygen atoms in total. The number of imidazole rings is 1. The molecule has 0 saturated heterocycles. The number of nitrogens with one attached hydrogen (secondary N) is 1. The molecule has 0 aromatic carbocycles. The number of hydrogen-bond donors (Lipinski definition) is 1. The summed E-state index contributed by atoms with van der Waals surface area (Å²) in [6.07, 6.45) is 4.70. The highest BCUT2D eigenvalue weighted by Crippen LogP contribution is 2.08. The minimum Gasteiger partial charge on any atom is -0.351 e. The maximum Gasteiger partial charge on any atom is 0.243 e. The second kappa shape index (κ2) is 4.96. The van der Waals surface area contributed by atoms with E-state index >= 15 is 0 Å². The van der Waals surface area contributed by atoms with Gasteiger partial charge in [0.05, 0.1) is 0 Å². The van der Waals surface area contributed by atoms with E-state index in [0.717, 1.165) is 0 Å². The molecule has 1 N–H and O–H groups in total. The molecule has 0 fully saturated rings. The molecule has 0 bridgehead atoms. The summed E-state index contributed by atoms with van der Waals surface area (Å²) in [5.41, 5.74) is 0. The third kappa shape index (κ3) is 2.44. The monoisotopic (exact) mass is 204 g/mol. The number of aromatic nitrogens is 2. The van der Waals surface area contributed by atoms with Crippen LogP contribution in [0, 0.1) is 11.3 Å². The molecular formula is C10H12N4O. The lowest BCUT2D eigenvalue weighted by molar-refractivity contribution is -0.123. The molecule has 0 saturated carbocycles. The van der Waals surface area contributed by atoms with Crippen LogP contribution in [0.3, 0.4) is 0 Å². The van der Waals surface area contributed by atoms with Gasteiger partial charge in [-0.15, -0.1) is 6.58 Å². The zero-order valence-electron chi connectivity index (χ0n) is 8.47. The fourth-order valence-corrected chi connectivity index (χ4v) is 1.16. The maximum absolute atomic E-state index is 11.6. The maximum atomic E-state index is 11.6. The first-order chi connectivity index (χ1) is 7.20. The molecule has 1 amide bonds. The van der Waals surface area contributed by atoms with Crippen LogP contribution in [0.5, 0.6) is 0 Å². The Labute approximate surface area is 88.0 Å². The number of hydrogen-bond acceptors (Lipinski definition) is 3. The number of nitrogens with zero attached hydrogens (tertiary/aromatic N) is 3. The summed E-state index contributed by atoms with van der Waals surface area (Å²) in [4.78, 5) is 15.4. The Morgan fingerprint density at radius 2 is 2.67 bits per heavy atom. The molecule has 0 aliphatic heterocycles. The van der Waals surface area contributed by atoms with E-state index in [-0.39, 0.29) is 11.7 Å². The van der Waals surface area contributed by atoms with Crippen LogP contribution in [0.1, 0.15) is 18.8 Å². The van der Waals surface area contributed by atoms with Gasteiger partial charge in [0.2, 0.25) is 11.7 Å². The van der Waals surface area contributed by atoms with Gasteiger partial charge in [0.25, 0.3) is 0 Å². The van der Waals surface area contributed by atoms with Crippen molar-refractivity contribution in [2.75, 3.05) is 6.54 Å². The van der Waals surface area contributed by atoms with Gasteiger partial charge in [-0.25, -0.2) is 4.98 Å². The lowest BCUT2D eigenvalue weighted by Gasteiger charge is -2.13. The van der Waals surface area contributed by atoms with Gasteiger partial charge in [0, 0.05) is 18.9 Å². The summed E-state index contributed by atoms with van der Waals surface area (Å²) in [6, 6.07) is 1.48. The summed E-state index contributed by atoms with van der Waals surface area (Å²) in [7, 11) is 0. The zero-order valence-corrected chi connectivity index (χ0v) is 8.47. The lowest BCUT2D eigenvalue weighted by Crippen LogP contribution is -2.31. The van der Waals surface area contributed by atoms with E-state index < -0.39 is 6.04 Å². The molecule has 1 heterocycles. The fourth-order valence-electron chi connectivity index (χ4n) is 1.16. The van der Waals surface area contributed by atoms with E-state index in [1.807, 2.05) is 6.07 Å². The predicted molar refractivity (Wildman–Crippen MR) is 54.9 cm³/mol. The lowest BCUT2D eigenvalue weighted by atomic mass is 10.3. The Morgan fingerprint density at radius 3 is 3.27 bits per heavy atom. The van der Waals surface area contributed by atoms with Crippen molar-refractivity contribution in [3.05, 3.63) is 30.9 Å². The van der Waals surface area contributed by atoms with Crippen molar-refractivity contribution in [2.24, 2.45) is 0 Å². The number of carbonyl (C=O) groups excluding carboxylic acids is 1. The Balaban J connectivity index is 2.76. The zero-order chi connectivity index (χ0) is 11.3. The van der Waals surface area contributed by atoms with Gasteiger partial charge < -0.3 is 9.88 Å². The molecule has 5 heteroatoms. The van der Waals surface area contributed by atoms with Gasteiger partial charge in [-0.3, -0.25) is 4.79 Å². The third-order valence-corrected chi connectivity index (χ3v) is 1.99. The number of amides is 1. The van der Waals surface area contributed by atoms with Crippen LogP contribution in [0.15, 0.2) is 25.0 Å². The van der Waals surface area contributed by atoms with Crippen LogP contribution >= 0.6 is 0 Å². The average molecular weight is 204 g/mol. The molecule has 0 radical (unpaired) electrons. The second-order valence-electron chi connectivity index (χ2n) is 2.98. The van der Waals surface area contributed by atoms with Crippen molar-refractivity contribution in [3.8, 4) is 6.07 Å². The van der Waals surface area contributed by atoms with Crippen molar-refractivity contribution < 1.29 is 4.79 Å². The van der Waals surface area contributed by atoms with E-state index in [2.05, 4.69) is 16.9 Å². The van der Waals surface area contributed by atoms with Crippen molar-refractivity contribution in [3.63, 3.8) is 0 Å². The van der Waals surface area contributed by atoms with Crippen LogP contribution in [0.2, 0.25) is 0 Å². The summed E-state index contributed by atoms with van der Waals surface area (Å²) in [6.45, 7) is 5.63. The Bertz CT molecular complexity index is 402. The highest BCUT2D eigenvalue weighted by molar-refractivity contribution is 5.80. The molecule has 1 aromatic rings. The van der Waals surface area contributed by atoms with Gasteiger partial charge in [0.15, 0.2) is 0 Å². The molecule has 1 aromatic heterocycles. The highest BCUT2D eigenvalue weighted by Gasteiger charge is 2.16. The van der Waals surface area contributed by atoms with Crippen molar-refractivity contribution in [1.82, 2.24) is 14.9 Å². The molecule has 78 valence electrons. The van der Waals surface area contributed by atoms with E-state index in [4.69, 9.17) is 5.26 Å². The van der Waals surface area contributed by atoms with Gasteiger partial charge in [0.1, 0.15) is 12.1 Å².